The molecule has 0 bridgehead atoms. The normalized spacial score (nSPS) is 13.7. The molecule has 0 saturated heterocycles. The lowest BCUT2D eigenvalue weighted by Crippen LogP contribution is -2.41. The summed E-state index contributed by atoms with van der Waals surface area (Å²) in [5.41, 5.74) is 1.47. The fraction of sp³-hybridized carbons (Fsp3) is 0.500. The van der Waals surface area contributed by atoms with Gasteiger partial charge in [0.15, 0.2) is 5.82 Å². The maximum Gasteiger partial charge on any atom is 0.291 e. The molecule has 7 nitrogen and oxygen atoms in total. The summed E-state index contributed by atoms with van der Waals surface area (Å²) in [5, 5.41) is 5.83. The van der Waals surface area contributed by atoms with Crippen LogP contribution in [0.4, 0.5) is 5.69 Å². The number of hydrogen-bond donors (Lipinski definition) is 2. The summed E-state index contributed by atoms with van der Waals surface area (Å²) in [6, 6.07) is 7.23. The third kappa shape index (κ3) is 5.16. The lowest BCUT2D eigenvalue weighted by Gasteiger charge is -2.21. The van der Waals surface area contributed by atoms with Crippen molar-refractivity contribution in [3.8, 4) is 5.75 Å². The zero-order valence-corrected chi connectivity index (χ0v) is 17.8. The van der Waals surface area contributed by atoms with Gasteiger partial charge in [0.2, 0.25) is 0 Å². The van der Waals surface area contributed by atoms with E-state index in [1.807, 2.05) is 51.3 Å². The standard InChI is InChI=1S/C22H30N4O3/c1-14(2)29-16-11-9-15(10-12-16)23-21(28)19-24-18(20(27)25-22(3,4)5)17-8-6-7-13-26(17)19/h9-12,14H,6-8,13H2,1-5H3,(H,23,28)(H,25,27). The molecule has 1 aromatic heterocycles. The molecule has 0 spiro atoms. The van der Waals surface area contributed by atoms with Crippen LogP contribution < -0.4 is 15.4 Å². The van der Waals surface area contributed by atoms with Crippen LogP contribution in [0.2, 0.25) is 0 Å². The van der Waals surface area contributed by atoms with E-state index in [0.717, 1.165) is 30.7 Å². The van der Waals surface area contributed by atoms with Gasteiger partial charge in [0, 0.05) is 17.8 Å². The molecular weight excluding hydrogens is 368 g/mol. The van der Waals surface area contributed by atoms with Crippen LogP contribution >= 0.6 is 0 Å². The molecule has 2 amide bonds. The Labute approximate surface area is 171 Å². The van der Waals surface area contributed by atoms with Crippen LogP contribution in [0.1, 0.15) is 74.3 Å². The second-order valence-electron chi connectivity index (χ2n) is 8.69. The number of aromatic nitrogens is 2. The molecule has 2 heterocycles. The van der Waals surface area contributed by atoms with Crippen molar-refractivity contribution < 1.29 is 14.3 Å². The Bertz CT molecular complexity index is 892. The van der Waals surface area contributed by atoms with Gasteiger partial charge >= 0.3 is 0 Å². The van der Waals surface area contributed by atoms with E-state index in [9.17, 15) is 9.59 Å². The first-order chi connectivity index (χ1) is 13.6. The molecular formula is C22H30N4O3. The van der Waals surface area contributed by atoms with Crippen LogP contribution in [-0.2, 0) is 13.0 Å². The summed E-state index contributed by atoms with van der Waals surface area (Å²) in [5.74, 6) is 0.469. The number of nitrogens with zero attached hydrogens (tertiary/aromatic N) is 2. The molecule has 0 radical (unpaired) electrons. The first-order valence-electron chi connectivity index (χ1n) is 10.1. The first-order valence-corrected chi connectivity index (χ1v) is 10.1. The van der Waals surface area contributed by atoms with Crippen molar-refractivity contribution in [3.63, 3.8) is 0 Å². The molecule has 1 aromatic carbocycles. The summed E-state index contributed by atoms with van der Waals surface area (Å²) < 4.78 is 7.51. The van der Waals surface area contributed by atoms with Crippen LogP contribution in [-0.4, -0.2) is 33.0 Å². The first kappa shape index (κ1) is 20.9. The summed E-state index contributed by atoms with van der Waals surface area (Å²) in [4.78, 5) is 30.1. The minimum atomic E-state index is -0.371. The maximum atomic E-state index is 12.9. The molecule has 0 atom stereocenters. The lowest BCUT2D eigenvalue weighted by atomic mass is 10.1. The minimum absolute atomic E-state index is 0.0875. The topological polar surface area (TPSA) is 85.2 Å². The van der Waals surface area contributed by atoms with Crippen molar-refractivity contribution in [2.45, 2.75) is 72.1 Å². The molecule has 156 valence electrons. The predicted molar refractivity (Wildman–Crippen MR) is 113 cm³/mol. The molecule has 0 aliphatic carbocycles. The Hall–Kier alpha value is -2.83. The number of ether oxygens (including phenoxy) is 1. The van der Waals surface area contributed by atoms with Gasteiger partial charge < -0.3 is 19.9 Å². The van der Waals surface area contributed by atoms with E-state index in [0.29, 0.717) is 17.9 Å². The number of imidazole rings is 1. The van der Waals surface area contributed by atoms with Gasteiger partial charge in [0.05, 0.1) is 11.8 Å². The highest BCUT2D eigenvalue weighted by molar-refractivity contribution is 6.03. The smallest absolute Gasteiger partial charge is 0.291 e. The highest BCUT2D eigenvalue weighted by Gasteiger charge is 2.29. The average Bonchev–Trinajstić information content (AvgIpc) is 3.01. The second kappa shape index (κ2) is 8.27. The Morgan fingerprint density at radius 1 is 1.10 bits per heavy atom. The summed E-state index contributed by atoms with van der Waals surface area (Å²) in [7, 11) is 0. The van der Waals surface area contributed by atoms with Gasteiger partial charge in [-0.2, -0.15) is 0 Å². The molecule has 0 unspecified atom stereocenters. The molecule has 2 N–H and O–H groups in total. The quantitative estimate of drug-likeness (QED) is 0.802. The summed E-state index contributed by atoms with van der Waals surface area (Å²) >= 11 is 0. The largest absolute Gasteiger partial charge is 0.491 e. The predicted octanol–water partition coefficient (Wildman–Crippen LogP) is 3.79. The Morgan fingerprint density at radius 2 is 1.79 bits per heavy atom. The van der Waals surface area contributed by atoms with Gasteiger partial charge in [0.25, 0.3) is 11.8 Å². The Morgan fingerprint density at radius 3 is 2.41 bits per heavy atom. The van der Waals surface area contributed by atoms with E-state index in [-0.39, 0.29) is 29.3 Å². The molecule has 1 aliphatic rings. The number of amides is 2. The number of carbonyl (C=O) groups is 2. The third-order valence-corrected chi connectivity index (χ3v) is 4.51. The molecule has 0 saturated carbocycles. The third-order valence-electron chi connectivity index (χ3n) is 4.51. The number of hydrogen-bond acceptors (Lipinski definition) is 4. The van der Waals surface area contributed by atoms with E-state index in [2.05, 4.69) is 15.6 Å². The van der Waals surface area contributed by atoms with Crippen LogP contribution in [0.15, 0.2) is 24.3 Å². The van der Waals surface area contributed by atoms with Crippen LogP contribution in [0, 0.1) is 0 Å². The van der Waals surface area contributed by atoms with Crippen molar-refractivity contribution >= 4 is 17.5 Å². The molecule has 3 rings (SSSR count). The number of anilines is 1. The summed E-state index contributed by atoms with van der Waals surface area (Å²) in [6.45, 7) is 10.4. The van der Waals surface area contributed by atoms with Crippen molar-refractivity contribution in [3.05, 3.63) is 41.5 Å². The van der Waals surface area contributed by atoms with E-state index < -0.39 is 0 Å². The Kier molecular flexibility index (Phi) is 5.96. The maximum absolute atomic E-state index is 12.9. The van der Waals surface area contributed by atoms with Gasteiger partial charge in [-0.1, -0.05) is 0 Å². The number of carbonyl (C=O) groups excluding carboxylic acids is 2. The molecule has 0 fully saturated rings. The average molecular weight is 399 g/mol. The van der Waals surface area contributed by atoms with E-state index in [1.54, 1.807) is 12.1 Å². The number of rotatable bonds is 5. The molecule has 29 heavy (non-hydrogen) atoms. The van der Waals surface area contributed by atoms with Crippen LogP contribution in [0.5, 0.6) is 5.75 Å². The highest BCUT2D eigenvalue weighted by Crippen LogP contribution is 2.23. The number of fused-ring (bicyclic) bond motifs is 1. The molecule has 1 aliphatic heterocycles. The zero-order chi connectivity index (χ0) is 21.2. The van der Waals surface area contributed by atoms with Crippen molar-refractivity contribution in [1.29, 1.82) is 0 Å². The number of benzene rings is 1. The van der Waals surface area contributed by atoms with Crippen LogP contribution in [0.3, 0.4) is 0 Å². The monoisotopic (exact) mass is 398 g/mol. The van der Waals surface area contributed by atoms with Gasteiger partial charge in [0.1, 0.15) is 11.4 Å². The van der Waals surface area contributed by atoms with Gasteiger partial charge in [-0.25, -0.2) is 4.98 Å². The molecule has 7 heteroatoms. The highest BCUT2D eigenvalue weighted by atomic mass is 16.5. The Balaban J connectivity index is 1.82. The van der Waals surface area contributed by atoms with Crippen LogP contribution in [0.25, 0.3) is 0 Å². The van der Waals surface area contributed by atoms with Crippen molar-refractivity contribution in [2.75, 3.05) is 5.32 Å². The van der Waals surface area contributed by atoms with Gasteiger partial charge in [-0.15, -0.1) is 0 Å². The van der Waals surface area contributed by atoms with E-state index >= 15 is 0 Å². The summed E-state index contributed by atoms with van der Waals surface area (Å²) in [6.07, 6.45) is 2.78. The van der Waals surface area contributed by atoms with Crippen molar-refractivity contribution in [2.24, 2.45) is 0 Å². The number of nitrogens with one attached hydrogen (secondary N) is 2. The fourth-order valence-corrected chi connectivity index (χ4v) is 3.37. The zero-order valence-electron chi connectivity index (χ0n) is 17.8. The SMILES string of the molecule is CC(C)Oc1ccc(NC(=O)c2nc(C(=O)NC(C)(C)C)c3n2CCCC3)cc1. The lowest BCUT2D eigenvalue weighted by molar-refractivity contribution is 0.0913. The second-order valence-corrected chi connectivity index (χ2v) is 8.69. The molecule has 2 aromatic rings. The minimum Gasteiger partial charge on any atom is -0.491 e. The van der Waals surface area contributed by atoms with Gasteiger partial charge in [-0.05, 0) is 78.1 Å². The van der Waals surface area contributed by atoms with Crippen molar-refractivity contribution in [1.82, 2.24) is 14.9 Å². The van der Waals surface area contributed by atoms with Gasteiger partial charge in [-0.3, -0.25) is 9.59 Å². The fourth-order valence-electron chi connectivity index (χ4n) is 3.37. The van der Waals surface area contributed by atoms with E-state index in [4.69, 9.17) is 4.74 Å². The van der Waals surface area contributed by atoms with E-state index in [1.165, 1.54) is 0 Å².